The number of ether oxygens (including phenoxy) is 1. The van der Waals surface area contributed by atoms with Crippen molar-refractivity contribution < 1.29 is 41.0 Å². The van der Waals surface area contributed by atoms with Gasteiger partial charge in [-0.3, -0.25) is 4.79 Å². The maximum absolute atomic E-state index is 13.0. The van der Waals surface area contributed by atoms with E-state index in [0.29, 0.717) is 17.7 Å². The van der Waals surface area contributed by atoms with Gasteiger partial charge in [-0.05, 0) is 35.6 Å². The Balaban J connectivity index is 1.82. The molecule has 0 spiro atoms. The third-order valence-electron chi connectivity index (χ3n) is 5.23. The topological polar surface area (TPSA) is 58.6 Å². The van der Waals surface area contributed by atoms with Gasteiger partial charge in [0.25, 0.3) is 5.60 Å². The summed E-state index contributed by atoms with van der Waals surface area (Å²) < 4.78 is 83.3. The predicted octanol–water partition coefficient (Wildman–Crippen LogP) is 5.02. The number of aliphatic hydroxyl groups is 1. The zero-order valence-electron chi connectivity index (χ0n) is 16.7. The van der Waals surface area contributed by atoms with Crippen molar-refractivity contribution in [2.24, 2.45) is 0 Å². The van der Waals surface area contributed by atoms with E-state index in [0.717, 1.165) is 22.8 Å². The molecule has 1 amide bonds. The third kappa shape index (κ3) is 4.20. The number of carbonyl (C=O) groups is 1. The van der Waals surface area contributed by atoms with Gasteiger partial charge in [0.1, 0.15) is 5.41 Å². The molecule has 1 saturated heterocycles. The van der Waals surface area contributed by atoms with Crippen LogP contribution in [0.5, 0.6) is 0 Å². The molecule has 2 aromatic rings. The Labute approximate surface area is 184 Å². The molecule has 2 aromatic carbocycles. The minimum absolute atomic E-state index is 0.0186. The molecule has 1 heterocycles. The number of alkyl halides is 6. The number of hydrogen-bond donors (Lipinski definition) is 2. The third-order valence-corrected chi connectivity index (χ3v) is 6.12. The predicted molar refractivity (Wildman–Crippen MR) is 106 cm³/mol. The number of halogens is 6. The Morgan fingerprint density at radius 2 is 1.53 bits per heavy atom. The standard InChI is InChI=1S/C21H19F6NO3S/c1-2-32-16-9-5-13(6-10-16)18(11-31-12-18)17(29)28-15-7-3-14(4-8-15)19(30,20(22,23)24)21(25,26)27/h3-10,30H,2,11-12H2,1H3,(H,28,29). The smallest absolute Gasteiger partial charge is 0.378 e. The second-order valence-corrected chi connectivity index (χ2v) is 8.61. The molecule has 0 bridgehead atoms. The first-order chi connectivity index (χ1) is 14.8. The van der Waals surface area contributed by atoms with Crippen LogP contribution in [0.1, 0.15) is 18.1 Å². The summed E-state index contributed by atoms with van der Waals surface area (Å²) in [5, 5.41) is 12.0. The molecule has 0 atom stereocenters. The fourth-order valence-electron chi connectivity index (χ4n) is 3.31. The lowest BCUT2D eigenvalue weighted by Gasteiger charge is -2.40. The fourth-order valence-corrected chi connectivity index (χ4v) is 3.97. The van der Waals surface area contributed by atoms with E-state index < -0.39 is 34.8 Å². The number of hydrogen-bond acceptors (Lipinski definition) is 4. The van der Waals surface area contributed by atoms with Crippen LogP contribution in [0.2, 0.25) is 0 Å². The molecular formula is C21H19F6NO3S. The zero-order chi connectivity index (χ0) is 23.8. The van der Waals surface area contributed by atoms with E-state index in [-0.39, 0.29) is 18.9 Å². The van der Waals surface area contributed by atoms with Crippen LogP contribution in [0.15, 0.2) is 53.4 Å². The zero-order valence-corrected chi connectivity index (χ0v) is 17.5. The van der Waals surface area contributed by atoms with Crippen molar-refractivity contribution in [3.63, 3.8) is 0 Å². The number of thioether (sulfide) groups is 1. The molecule has 0 radical (unpaired) electrons. The number of carbonyl (C=O) groups excluding carboxylic acids is 1. The number of benzene rings is 2. The summed E-state index contributed by atoms with van der Waals surface area (Å²) >= 11 is 1.63. The van der Waals surface area contributed by atoms with Crippen LogP contribution in [0.4, 0.5) is 32.0 Å². The molecule has 0 unspecified atom stereocenters. The van der Waals surface area contributed by atoms with Gasteiger partial charge in [0, 0.05) is 16.1 Å². The maximum Gasteiger partial charge on any atom is 0.430 e. The first-order valence-corrected chi connectivity index (χ1v) is 10.4. The Kier molecular flexibility index (Phi) is 6.56. The van der Waals surface area contributed by atoms with Crippen LogP contribution in [0.3, 0.4) is 0 Å². The molecule has 0 aliphatic carbocycles. The molecule has 174 valence electrons. The molecule has 1 aliphatic rings. The van der Waals surface area contributed by atoms with E-state index >= 15 is 0 Å². The average Bonchev–Trinajstić information content (AvgIpc) is 2.67. The summed E-state index contributed by atoms with van der Waals surface area (Å²) in [4.78, 5) is 13.9. The van der Waals surface area contributed by atoms with Gasteiger partial charge in [0.15, 0.2) is 0 Å². The van der Waals surface area contributed by atoms with E-state index in [1.165, 1.54) is 0 Å². The van der Waals surface area contributed by atoms with Gasteiger partial charge >= 0.3 is 12.4 Å². The number of amides is 1. The summed E-state index contributed by atoms with van der Waals surface area (Å²) in [6.07, 6.45) is -12.0. The number of rotatable bonds is 6. The van der Waals surface area contributed by atoms with E-state index in [2.05, 4.69) is 5.32 Å². The molecule has 2 N–H and O–H groups in total. The van der Waals surface area contributed by atoms with Crippen LogP contribution >= 0.6 is 11.8 Å². The molecule has 0 saturated carbocycles. The van der Waals surface area contributed by atoms with Crippen LogP contribution in [0.25, 0.3) is 0 Å². The van der Waals surface area contributed by atoms with E-state index in [4.69, 9.17) is 4.74 Å². The van der Waals surface area contributed by atoms with Crippen molar-refractivity contribution in [3.05, 3.63) is 59.7 Å². The van der Waals surface area contributed by atoms with Crippen LogP contribution in [-0.2, 0) is 20.5 Å². The number of anilines is 1. The Morgan fingerprint density at radius 1 is 1.00 bits per heavy atom. The quantitative estimate of drug-likeness (QED) is 0.452. The molecule has 3 rings (SSSR count). The SMILES string of the molecule is CCSc1ccc(C2(C(=O)Nc3ccc(C(O)(C(F)(F)F)C(F)(F)F)cc3)COC2)cc1. The maximum atomic E-state index is 13.0. The van der Waals surface area contributed by atoms with Gasteiger partial charge in [-0.25, -0.2) is 0 Å². The van der Waals surface area contributed by atoms with Crippen molar-refractivity contribution in [2.45, 2.75) is 35.2 Å². The van der Waals surface area contributed by atoms with Crippen LogP contribution in [0, 0.1) is 0 Å². The highest BCUT2D eigenvalue weighted by Crippen LogP contribution is 2.50. The lowest BCUT2D eigenvalue weighted by molar-refractivity contribution is -0.376. The first kappa shape index (κ1) is 24.4. The van der Waals surface area contributed by atoms with Gasteiger partial charge < -0.3 is 15.2 Å². The summed E-state index contributed by atoms with van der Waals surface area (Å²) in [5.41, 5.74) is -6.78. The van der Waals surface area contributed by atoms with Crippen molar-refractivity contribution in [1.82, 2.24) is 0 Å². The minimum Gasteiger partial charge on any atom is -0.378 e. The second kappa shape index (κ2) is 8.60. The summed E-state index contributed by atoms with van der Waals surface area (Å²) in [6.45, 7) is 2.17. The monoisotopic (exact) mass is 479 g/mol. The lowest BCUT2D eigenvalue weighted by atomic mass is 9.77. The highest BCUT2D eigenvalue weighted by atomic mass is 32.2. The van der Waals surface area contributed by atoms with E-state index in [9.17, 15) is 36.2 Å². The van der Waals surface area contributed by atoms with Crippen LogP contribution < -0.4 is 5.32 Å². The van der Waals surface area contributed by atoms with Gasteiger partial charge in [-0.1, -0.05) is 31.2 Å². The second-order valence-electron chi connectivity index (χ2n) is 7.27. The molecule has 0 aromatic heterocycles. The molecule has 11 heteroatoms. The summed E-state index contributed by atoms with van der Waals surface area (Å²) in [5.74, 6) is 0.372. The molecule has 32 heavy (non-hydrogen) atoms. The van der Waals surface area contributed by atoms with Gasteiger partial charge in [-0.15, -0.1) is 11.8 Å². The Morgan fingerprint density at radius 3 is 1.94 bits per heavy atom. The van der Waals surface area contributed by atoms with Crippen molar-refractivity contribution in [2.75, 3.05) is 24.3 Å². The average molecular weight is 479 g/mol. The van der Waals surface area contributed by atoms with E-state index in [1.807, 2.05) is 19.1 Å². The van der Waals surface area contributed by atoms with E-state index in [1.54, 1.807) is 23.9 Å². The Bertz CT molecular complexity index is 939. The normalized spacial score (nSPS) is 16.4. The summed E-state index contributed by atoms with van der Waals surface area (Å²) in [6, 6.07) is 10.0. The first-order valence-electron chi connectivity index (χ1n) is 9.44. The van der Waals surface area contributed by atoms with Crippen molar-refractivity contribution in [1.29, 1.82) is 0 Å². The largest absolute Gasteiger partial charge is 0.430 e. The molecule has 1 fully saturated rings. The lowest BCUT2D eigenvalue weighted by Crippen LogP contribution is -2.55. The number of nitrogens with one attached hydrogen (secondary N) is 1. The summed E-state index contributed by atoms with van der Waals surface area (Å²) in [7, 11) is 0. The van der Waals surface area contributed by atoms with Gasteiger partial charge in [0.05, 0.1) is 13.2 Å². The minimum atomic E-state index is -5.98. The molecule has 4 nitrogen and oxygen atoms in total. The Hall–Kier alpha value is -2.24. The van der Waals surface area contributed by atoms with Crippen LogP contribution in [-0.4, -0.2) is 42.3 Å². The molecular weight excluding hydrogens is 460 g/mol. The van der Waals surface area contributed by atoms with Crippen molar-refractivity contribution in [3.8, 4) is 0 Å². The van der Waals surface area contributed by atoms with Crippen molar-refractivity contribution >= 4 is 23.4 Å². The fraction of sp³-hybridized carbons (Fsp3) is 0.381. The van der Waals surface area contributed by atoms with Gasteiger partial charge in [0.2, 0.25) is 5.91 Å². The highest BCUT2D eigenvalue weighted by molar-refractivity contribution is 7.99. The highest BCUT2D eigenvalue weighted by Gasteiger charge is 2.71. The molecule has 1 aliphatic heterocycles. The van der Waals surface area contributed by atoms with Gasteiger partial charge in [-0.2, -0.15) is 26.3 Å².